The third-order valence-corrected chi connectivity index (χ3v) is 3.64. The lowest BCUT2D eigenvalue weighted by Crippen LogP contribution is -2.19. The molecule has 0 aliphatic carbocycles. The summed E-state index contributed by atoms with van der Waals surface area (Å²) in [6, 6.07) is 15.7. The molecule has 0 atom stereocenters. The molecule has 3 aromatic rings. The molecule has 2 amide bonds. The minimum absolute atomic E-state index is 0.0477. The Hall–Kier alpha value is -3.41. The van der Waals surface area contributed by atoms with Crippen LogP contribution in [-0.2, 0) is 0 Å². The number of aryl methyl sites for hydroxylation is 1. The molecule has 0 unspecified atom stereocenters. The number of anilines is 2. The highest BCUT2D eigenvalue weighted by molar-refractivity contribution is 6.01. The second-order valence-corrected chi connectivity index (χ2v) is 5.66. The minimum Gasteiger partial charge on any atom is -0.308 e. The van der Waals surface area contributed by atoms with Gasteiger partial charge < -0.3 is 10.6 Å². The van der Waals surface area contributed by atoms with E-state index in [1.54, 1.807) is 41.1 Å². The van der Waals surface area contributed by atoms with Crippen LogP contribution in [0.2, 0.25) is 0 Å². The summed E-state index contributed by atoms with van der Waals surface area (Å²) in [5.74, 6) is -0.0477. The van der Waals surface area contributed by atoms with Crippen LogP contribution in [0.25, 0.3) is 5.69 Å². The molecule has 0 spiro atoms. The highest BCUT2D eigenvalue weighted by Crippen LogP contribution is 2.15. The molecule has 6 nitrogen and oxygen atoms in total. The summed E-state index contributed by atoms with van der Waals surface area (Å²) in [5, 5.41) is 9.81. The fraction of sp³-hybridized carbons (Fsp3) is 0.105. The third-order valence-electron chi connectivity index (χ3n) is 3.64. The number of nitrogens with zero attached hydrogens (tertiary/aromatic N) is 2. The number of nitrogens with one attached hydrogen (secondary N) is 2. The first-order valence-corrected chi connectivity index (χ1v) is 7.83. The van der Waals surface area contributed by atoms with Crippen molar-refractivity contribution in [1.29, 1.82) is 0 Å². The first kappa shape index (κ1) is 16.4. The predicted octanol–water partition coefficient (Wildman–Crippen LogP) is 4.03. The van der Waals surface area contributed by atoms with Crippen molar-refractivity contribution in [1.82, 2.24) is 9.78 Å². The van der Waals surface area contributed by atoms with Crippen molar-refractivity contribution in [2.24, 2.45) is 0 Å². The van der Waals surface area contributed by atoms with E-state index in [9.17, 15) is 9.59 Å². The molecule has 2 N–H and O–H groups in total. The SMILES string of the molecule is CC(=O)c1cccc(NC(=O)Nc2ccc(-n3ccc(C)n3)cc2)c1. The molecule has 1 heterocycles. The molecule has 0 aliphatic rings. The number of carbonyl (C=O) groups excluding carboxylic acids is 2. The van der Waals surface area contributed by atoms with Crippen LogP contribution in [0.4, 0.5) is 16.2 Å². The number of aromatic nitrogens is 2. The van der Waals surface area contributed by atoms with Gasteiger partial charge in [0.25, 0.3) is 0 Å². The Labute approximate surface area is 145 Å². The van der Waals surface area contributed by atoms with Crippen LogP contribution in [0.1, 0.15) is 23.0 Å². The average molecular weight is 334 g/mol. The molecule has 2 aromatic carbocycles. The number of rotatable bonds is 4. The van der Waals surface area contributed by atoms with Gasteiger partial charge in [-0.1, -0.05) is 12.1 Å². The molecule has 0 saturated heterocycles. The molecule has 0 radical (unpaired) electrons. The quantitative estimate of drug-likeness (QED) is 0.707. The van der Waals surface area contributed by atoms with Crippen molar-refractivity contribution in [3.63, 3.8) is 0 Å². The summed E-state index contributed by atoms with van der Waals surface area (Å²) >= 11 is 0. The molecular weight excluding hydrogens is 316 g/mol. The van der Waals surface area contributed by atoms with Crippen molar-refractivity contribution in [2.75, 3.05) is 10.6 Å². The molecule has 126 valence electrons. The van der Waals surface area contributed by atoms with E-state index >= 15 is 0 Å². The van der Waals surface area contributed by atoms with Crippen molar-refractivity contribution >= 4 is 23.2 Å². The molecule has 0 fully saturated rings. The number of carbonyl (C=O) groups is 2. The second-order valence-electron chi connectivity index (χ2n) is 5.66. The van der Waals surface area contributed by atoms with Gasteiger partial charge in [0.05, 0.1) is 11.4 Å². The summed E-state index contributed by atoms with van der Waals surface area (Å²) < 4.78 is 1.77. The molecule has 0 aliphatic heterocycles. The van der Waals surface area contributed by atoms with Crippen LogP contribution in [0.5, 0.6) is 0 Å². The Morgan fingerprint density at radius 1 is 0.960 bits per heavy atom. The number of Topliss-reactive ketones (excluding diaryl/α,β-unsaturated/α-hetero) is 1. The van der Waals surface area contributed by atoms with Gasteiger partial charge in [0.15, 0.2) is 5.78 Å². The predicted molar refractivity (Wildman–Crippen MR) is 97.4 cm³/mol. The molecule has 0 bridgehead atoms. The van der Waals surface area contributed by atoms with Crippen LogP contribution >= 0.6 is 0 Å². The Bertz CT molecular complexity index is 913. The van der Waals surface area contributed by atoms with E-state index in [2.05, 4.69) is 15.7 Å². The smallest absolute Gasteiger partial charge is 0.308 e. The Morgan fingerprint density at radius 3 is 2.32 bits per heavy atom. The normalized spacial score (nSPS) is 10.3. The Morgan fingerprint density at radius 2 is 1.68 bits per heavy atom. The Balaban J connectivity index is 1.65. The lowest BCUT2D eigenvalue weighted by molar-refractivity contribution is 0.101. The van der Waals surface area contributed by atoms with E-state index in [0.29, 0.717) is 16.9 Å². The van der Waals surface area contributed by atoms with Gasteiger partial charge in [-0.3, -0.25) is 4.79 Å². The number of amides is 2. The summed E-state index contributed by atoms with van der Waals surface area (Å²) in [7, 11) is 0. The van der Waals surface area contributed by atoms with Crippen LogP contribution in [-0.4, -0.2) is 21.6 Å². The van der Waals surface area contributed by atoms with Crippen LogP contribution in [0.3, 0.4) is 0 Å². The maximum atomic E-state index is 12.1. The van der Waals surface area contributed by atoms with Gasteiger partial charge >= 0.3 is 6.03 Å². The van der Waals surface area contributed by atoms with E-state index in [1.807, 2.05) is 31.3 Å². The highest BCUT2D eigenvalue weighted by Gasteiger charge is 2.06. The zero-order valence-electron chi connectivity index (χ0n) is 14.0. The average Bonchev–Trinajstić information content (AvgIpc) is 3.02. The largest absolute Gasteiger partial charge is 0.323 e. The maximum absolute atomic E-state index is 12.1. The summed E-state index contributed by atoms with van der Waals surface area (Å²) in [6.45, 7) is 3.42. The lowest BCUT2D eigenvalue weighted by Gasteiger charge is -2.09. The minimum atomic E-state index is -0.372. The van der Waals surface area contributed by atoms with E-state index < -0.39 is 0 Å². The van der Waals surface area contributed by atoms with Crippen LogP contribution in [0, 0.1) is 6.92 Å². The standard InChI is InChI=1S/C19H18N4O2/c1-13-10-11-23(22-13)18-8-6-16(7-9-18)20-19(25)21-17-5-3-4-15(12-17)14(2)24/h3-12H,1-2H3,(H2,20,21,25). The zero-order valence-corrected chi connectivity index (χ0v) is 14.0. The third kappa shape index (κ3) is 4.11. The number of urea groups is 1. The number of hydrogen-bond acceptors (Lipinski definition) is 3. The van der Waals surface area contributed by atoms with Gasteiger partial charge in [0.1, 0.15) is 0 Å². The molecule has 25 heavy (non-hydrogen) atoms. The summed E-state index contributed by atoms with van der Waals surface area (Å²) in [5.41, 5.74) is 3.63. The molecular formula is C19H18N4O2. The van der Waals surface area contributed by atoms with Gasteiger partial charge in [-0.2, -0.15) is 5.10 Å². The van der Waals surface area contributed by atoms with Crippen LogP contribution < -0.4 is 10.6 Å². The number of ketones is 1. The number of benzene rings is 2. The van der Waals surface area contributed by atoms with E-state index in [0.717, 1.165) is 11.4 Å². The molecule has 0 saturated carbocycles. The monoisotopic (exact) mass is 334 g/mol. The first-order valence-electron chi connectivity index (χ1n) is 7.83. The highest BCUT2D eigenvalue weighted by atomic mass is 16.2. The van der Waals surface area contributed by atoms with Crippen molar-refractivity contribution in [2.45, 2.75) is 13.8 Å². The van der Waals surface area contributed by atoms with E-state index in [4.69, 9.17) is 0 Å². The van der Waals surface area contributed by atoms with Crippen molar-refractivity contribution < 1.29 is 9.59 Å². The number of hydrogen-bond donors (Lipinski definition) is 2. The fourth-order valence-electron chi connectivity index (χ4n) is 2.37. The Kier molecular flexibility index (Phi) is 4.61. The zero-order chi connectivity index (χ0) is 17.8. The fourth-order valence-corrected chi connectivity index (χ4v) is 2.37. The van der Waals surface area contributed by atoms with E-state index in [-0.39, 0.29) is 11.8 Å². The topological polar surface area (TPSA) is 76.0 Å². The lowest BCUT2D eigenvalue weighted by atomic mass is 10.1. The first-order chi connectivity index (χ1) is 12.0. The molecule has 6 heteroatoms. The van der Waals surface area contributed by atoms with Crippen molar-refractivity contribution in [3.05, 3.63) is 72.1 Å². The van der Waals surface area contributed by atoms with Gasteiger partial charge in [0, 0.05) is 23.1 Å². The summed E-state index contributed by atoms with van der Waals surface area (Å²) in [6.07, 6.45) is 1.88. The van der Waals surface area contributed by atoms with Gasteiger partial charge in [0.2, 0.25) is 0 Å². The van der Waals surface area contributed by atoms with Crippen LogP contribution in [0.15, 0.2) is 60.8 Å². The van der Waals surface area contributed by atoms with Gasteiger partial charge in [-0.05, 0) is 56.3 Å². The van der Waals surface area contributed by atoms with Crippen molar-refractivity contribution in [3.8, 4) is 5.69 Å². The van der Waals surface area contributed by atoms with E-state index in [1.165, 1.54) is 6.92 Å². The molecule has 1 aromatic heterocycles. The summed E-state index contributed by atoms with van der Waals surface area (Å²) in [4.78, 5) is 23.5. The maximum Gasteiger partial charge on any atom is 0.323 e. The van der Waals surface area contributed by atoms with Gasteiger partial charge in [-0.25, -0.2) is 9.48 Å². The molecule has 3 rings (SSSR count). The van der Waals surface area contributed by atoms with Gasteiger partial charge in [-0.15, -0.1) is 0 Å². The second kappa shape index (κ2) is 7.00.